The minimum absolute atomic E-state index is 0.0847. The molecule has 3 aromatic heterocycles. The van der Waals surface area contributed by atoms with Crippen LogP contribution in [0.1, 0.15) is 18.9 Å². The number of anilines is 1. The number of hydrogen-bond donors (Lipinski definition) is 2. The average molecular weight is 586 g/mol. The minimum atomic E-state index is -0.907. The van der Waals surface area contributed by atoms with E-state index in [0.717, 1.165) is 15.8 Å². The lowest BCUT2D eigenvalue weighted by molar-refractivity contribution is 0.124. The molecule has 4 heterocycles. The molecule has 12 nitrogen and oxygen atoms in total. The Morgan fingerprint density at radius 3 is 2.35 bits per heavy atom. The molecular formula is C26H25Cl2N7O5. The maximum atomic E-state index is 12.9. The highest BCUT2D eigenvalue weighted by atomic mass is 35.5. The number of rotatable bonds is 6. The van der Waals surface area contributed by atoms with Gasteiger partial charge >= 0.3 is 6.09 Å². The van der Waals surface area contributed by atoms with Gasteiger partial charge in [-0.2, -0.15) is 14.9 Å². The fourth-order valence-electron chi connectivity index (χ4n) is 4.62. The van der Waals surface area contributed by atoms with Crippen molar-refractivity contribution in [1.82, 2.24) is 29.4 Å². The molecule has 208 valence electrons. The van der Waals surface area contributed by atoms with E-state index in [-0.39, 0.29) is 39.1 Å². The molecule has 5 rings (SSSR count). The Kier molecular flexibility index (Phi) is 7.55. The quantitative estimate of drug-likeness (QED) is 0.336. The second-order valence-electron chi connectivity index (χ2n) is 9.09. The van der Waals surface area contributed by atoms with E-state index in [1.807, 2.05) is 16.9 Å². The number of pyridine rings is 1. The number of methoxy groups -OCH3 is 2. The lowest BCUT2D eigenvalue weighted by atomic mass is 10.1. The second kappa shape index (κ2) is 11.1. The third-order valence-electron chi connectivity index (χ3n) is 6.80. The highest BCUT2D eigenvalue weighted by Gasteiger charge is 2.25. The Bertz CT molecular complexity index is 1620. The van der Waals surface area contributed by atoms with E-state index in [4.69, 9.17) is 38.4 Å². The predicted molar refractivity (Wildman–Crippen MR) is 150 cm³/mol. The smallest absolute Gasteiger partial charge is 0.407 e. The molecule has 1 aliphatic heterocycles. The van der Waals surface area contributed by atoms with Gasteiger partial charge in [0.2, 0.25) is 0 Å². The maximum Gasteiger partial charge on any atom is 0.407 e. The number of hydrogen-bond acceptors (Lipinski definition) is 8. The molecule has 0 spiro atoms. The van der Waals surface area contributed by atoms with Crippen LogP contribution in [0, 0.1) is 0 Å². The summed E-state index contributed by atoms with van der Waals surface area (Å²) in [6, 6.07) is 6.28. The van der Waals surface area contributed by atoms with Crippen LogP contribution in [0.5, 0.6) is 11.5 Å². The summed E-state index contributed by atoms with van der Waals surface area (Å²) in [6.45, 7) is 0.911. The number of ether oxygens (including phenoxy) is 2. The van der Waals surface area contributed by atoms with Crippen molar-refractivity contribution in [2.24, 2.45) is 0 Å². The SMILES string of the molecule is COc1cc(OC)c(Cl)c(-n2nc(-c3cc(-c4cnn(C5CCN(C(=O)O)CC5)c4)cnc3N)ccc2=O)c1Cl. The Labute approximate surface area is 238 Å². The molecule has 0 bridgehead atoms. The molecule has 0 saturated carbocycles. The van der Waals surface area contributed by atoms with Gasteiger partial charge in [-0.1, -0.05) is 23.2 Å². The number of likely N-dealkylation sites (tertiary alicyclic amines) is 1. The molecule has 0 unspecified atom stereocenters. The summed E-state index contributed by atoms with van der Waals surface area (Å²) in [5.74, 6) is 0.715. The first-order valence-electron chi connectivity index (χ1n) is 12.2. The number of nitrogen functional groups attached to an aromatic ring is 1. The molecule has 0 aliphatic carbocycles. The fraction of sp³-hybridized carbons (Fsp3) is 0.269. The zero-order valence-electron chi connectivity index (χ0n) is 21.5. The zero-order chi connectivity index (χ0) is 28.6. The number of piperidine rings is 1. The van der Waals surface area contributed by atoms with Gasteiger partial charge in [-0.25, -0.2) is 9.78 Å². The fourth-order valence-corrected chi connectivity index (χ4v) is 5.28. The number of carboxylic acid groups (broad SMARTS) is 1. The summed E-state index contributed by atoms with van der Waals surface area (Å²) < 4.78 is 13.6. The number of amides is 1. The molecule has 0 radical (unpaired) electrons. The highest BCUT2D eigenvalue weighted by Crippen LogP contribution is 2.42. The number of aromatic nitrogens is 5. The maximum absolute atomic E-state index is 12.9. The summed E-state index contributed by atoms with van der Waals surface area (Å²) in [5.41, 5.74) is 8.22. The van der Waals surface area contributed by atoms with Crippen molar-refractivity contribution < 1.29 is 19.4 Å². The summed E-state index contributed by atoms with van der Waals surface area (Å²) in [5, 5.41) is 18.4. The largest absolute Gasteiger partial charge is 0.495 e. The van der Waals surface area contributed by atoms with E-state index in [1.54, 1.807) is 12.4 Å². The monoisotopic (exact) mass is 585 g/mol. The van der Waals surface area contributed by atoms with Crippen LogP contribution in [-0.4, -0.2) is 68.0 Å². The van der Waals surface area contributed by atoms with Crippen LogP contribution in [0.25, 0.3) is 28.1 Å². The third-order valence-corrected chi connectivity index (χ3v) is 7.53. The van der Waals surface area contributed by atoms with Crippen LogP contribution in [-0.2, 0) is 0 Å². The van der Waals surface area contributed by atoms with Crippen LogP contribution in [0.15, 0.2) is 47.7 Å². The summed E-state index contributed by atoms with van der Waals surface area (Å²) >= 11 is 13.1. The Morgan fingerprint density at radius 1 is 1.05 bits per heavy atom. The molecule has 3 N–H and O–H groups in total. The number of benzene rings is 1. The normalized spacial score (nSPS) is 13.8. The summed E-state index contributed by atoms with van der Waals surface area (Å²) in [4.78, 5) is 29.9. The van der Waals surface area contributed by atoms with Gasteiger partial charge < -0.3 is 25.2 Å². The van der Waals surface area contributed by atoms with Gasteiger partial charge in [0.05, 0.1) is 32.2 Å². The molecule has 4 aromatic rings. The van der Waals surface area contributed by atoms with Gasteiger partial charge in [0, 0.05) is 54.3 Å². The molecule has 1 aromatic carbocycles. The molecule has 1 amide bonds. The van der Waals surface area contributed by atoms with E-state index in [1.165, 1.54) is 37.3 Å². The van der Waals surface area contributed by atoms with Crippen molar-refractivity contribution in [3.05, 3.63) is 63.3 Å². The van der Waals surface area contributed by atoms with Crippen LogP contribution in [0.4, 0.5) is 10.6 Å². The first-order chi connectivity index (χ1) is 19.2. The van der Waals surface area contributed by atoms with Crippen molar-refractivity contribution in [1.29, 1.82) is 0 Å². The lowest BCUT2D eigenvalue weighted by Gasteiger charge is -2.30. The van der Waals surface area contributed by atoms with Gasteiger partial charge in [-0.3, -0.25) is 9.48 Å². The van der Waals surface area contributed by atoms with Crippen molar-refractivity contribution in [3.8, 4) is 39.6 Å². The molecule has 14 heteroatoms. The van der Waals surface area contributed by atoms with E-state index in [2.05, 4.69) is 15.2 Å². The average Bonchev–Trinajstić information content (AvgIpc) is 3.45. The number of nitrogens with zero attached hydrogens (tertiary/aromatic N) is 6. The van der Waals surface area contributed by atoms with Crippen molar-refractivity contribution in [2.75, 3.05) is 33.0 Å². The van der Waals surface area contributed by atoms with Crippen molar-refractivity contribution in [3.63, 3.8) is 0 Å². The van der Waals surface area contributed by atoms with E-state index in [0.29, 0.717) is 37.2 Å². The molecule has 1 saturated heterocycles. The first-order valence-corrected chi connectivity index (χ1v) is 13.0. The molecule has 0 atom stereocenters. The van der Waals surface area contributed by atoms with Crippen LogP contribution in [0.3, 0.4) is 0 Å². The minimum Gasteiger partial charge on any atom is -0.495 e. The summed E-state index contributed by atoms with van der Waals surface area (Å²) in [7, 11) is 2.87. The Morgan fingerprint density at radius 2 is 1.73 bits per heavy atom. The number of carbonyl (C=O) groups is 1. The summed E-state index contributed by atoms with van der Waals surface area (Å²) in [6.07, 6.45) is 5.68. The Balaban J connectivity index is 1.51. The van der Waals surface area contributed by atoms with Crippen LogP contribution < -0.4 is 20.8 Å². The number of halogens is 2. The zero-order valence-corrected chi connectivity index (χ0v) is 23.1. The molecule has 40 heavy (non-hydrogen) atoms. The van der Waals surface area contributed by atoms with E-state index >= 15 is 0 Å². The lowest BCUT2D eigenvalue weighted by Crippen LogP contribution is -2.38. The molecule has 1 aliphatic rings. The molecule has 1 fully saturated rings. The van der Waals surface area contributed by atoms with Crippen LogP contribution >= 0.6 is 23.2 Å². The molecular weight excluding hydrogens is 561 g/mol. The van der Waals surface area contributed by atoms with Crippen LogP contribution in [0.2, 0.25) is 10.0 Å². The van der Waals surface area contributed by atoms with Gasteiger partial charge in [0.1, 0.15) is 33.0 Å². The standard InChI is InChI=1S/C26H25Cl2N7O5/c1-39-19-10-20(40-2)23(28)24(22(19)27)35-21(36)4-3-18(32-35)17-9-14(11-30-25(17)29)15-12-31-34(13-15)16-5-7-33(8-6-16)26(37)38/h3-4,9-13,16H,5-8H2,1-2H3,(H2,29,30)(H,37,38). The second-order valence-corrected chi connectivity index (χ2v) is 9.85. The Hall–Kier alpha value is -4.29. The topological polar surface area (TPSA) is 151 Å². The predicted octanol–water partition coefficient (Wildman–Crippen LogP) is 4.38. The van der Waals surface area contributed by atoms with Crippen molar-refractivity contribution >= 4 is 35.1 Å². The van der Waals surface area contributed by atoms with Crippen molar-refractivity contribution in [2.45, 2.75) is 18.9 Å². The first kappa shape index (κ1) is 27.3. The highest BCUT2D eigenvalue weighted by molar-refractivity contribution is 6.39. The third kappa shape index (κ3) is 5.03. The van der Waals surface area contributed by atoms with Gasteiger partial charge in [0.25, 0.3) is 5.56 Å². The number of nitrogens with two attached hydrogens (primary N) is 1. The van der Waals surface area contributed by atoms with Gasteiger partial charge in [-0.15, -0.1) is 0 Å². The van der Waals surface area contributed by atoms with E-state index < -0.39 is 11.7 Å². The van der Waals surface area contributed by atoms with Gasteiger partial charge in [-0.05, 0) is 25.0 Å². The van der Waals surface area contributed by atoms with E-state index in [9.17, 15) is 14.7 Å². The van der Waals surface area contributed by atoms with Gasteiger partial charge in [0.15, 0.2) is 0 Å².